The van der Waals surface area contributed by atoms with Crippen LogP contribution in [0.15, 0.2) is 18.2 Å². The van der Waals surface area contributed by atoms with E-state index in [-0.39, 0.29) is 18.1 Å². The van der Waals surface area contributed by atoms with Gasteiger partial charge >= 0.3 is 0 Å². The highest BCUT2D eigenvalue weighted by Crippen LogP contribution is 2.33. The van der Waals surface area contributed by atoms with Crippen molar-refractivity contribution in [3.05, 3.63) is 24.0 Å². The molecule has 1 amide bonds. The number of anilines is 2. The Labute approximate surface area is 117 Å². The van der Waals surface area contributed by atoms with Crippen molar-refractivity contribution in [3.63, 3.8) is 0 Å². The second-order valence-corrected chi connectivity index (χ2v) is 7.24. The maximum absolute atomic E-state index is 13.4. The van der Waals surface area contributed by atoms with Gasteiger partial charge in [-0.1, -0.05) is 0 Å². The molecule has 0 aromatic heterocycles. The summed E-state index contributed by atoms with van der Waals surface area (Å²) in [6, 6.07) is 4.28. The van der Waals surface area contributed by atoms with E-state index in [1.807, 2.05) is 11.9 Å². The first-order chi connectivity index (χ1) is 9.28. The second-order valence-electron chi connectivity index (χ2n) is 4.98. The summed E-state index contributed by atoms with van der Waals surface area (Å²) >= 11 is 0. The third-order valence-electron chi connectivity index (χ3n) is 3.29. The molecule has 1 heterocycles. The van der Waals surface area contributed by atoms with Crippen LogP contribution in [-0.2, 0) is 14.6 Å². The van der Waals surface area contributed by atoms with Crippen molar-refractivity contribution in [2.45, 2.75) is 6.42 Å². The van der Waals surface area contributed by atoms with Gasteiger partial charge in [-0.05, 0) is 18.2 Å². The maximum Gasteiger partial charge on any atom is 0.228 e. The van der Waals surface area contributed by atoms with Crippen LogP contribution in [0.3, 0.4) is 0 Å². The summed E-state index contributed by atoms with van der Waals surface area (Å²) < 4.78 is 35.6. The molecular formula is C13H17FN2O3S. The Morgan fingerprint density at radius 1 is 1.30 bits per heavy atom. The number of hydrogen-bond acceptors (Lipinski definition) is 4. The van der Waals surface area contributed by atoms with Crippen molar-refractivity contribution in [1.82, 2.24) is 0 Å². The van der Waals surface area contributed by atoms with Crippen LogP contribution in [-0.4, -0.2) is 46.5 Å². The van der Waals surface area contributed by atoms with Crippen LogP contribution >= 0.6 is 0 Å². The number of sulfone groups is 1. The van der Waals surface area contributed by atoms with Crippen LogP contribution in [0.5, 0.6) is 0 Å². The van der Waals surface area contributed by atoms with Crippen molar-refractivity contribution in [3.8, 4) is 0 Å². The van der Waals surface area contributed by atoms with Crippen LogP contribution in [0.4, 0.5) is 15.8 Å². The number of nitrogens with zero attached hydrogens (tertiary/aromatic N) is 2. The van der Waals surface area contributed by atoms with Crippen molar-refractivity contribution in [2.75, 3.05) is 41.9 Å². The number of carbonyl (C=O) groups excluding carboxylic acids is 1. The molecule has 110 valence electrons. The van der Waals surface area contributed by atoms with Gasteiger partial charge in [-0.2, -0.15) is 0 Å². The minimum Gasteiger partial charge on any atom is -0.371 e. The largest absolute Gasteiger partial charge is 0.371 e. The number of hydrogen-bond donors (Lipinski definition) is 0. The lowest BCUT2D eigenvalue weighted by Crippen LogP contribution is -2.43. The van der Waals surface area contributed by atoms with Crippen molar-refractivity contribution >= 4 is 27.1 Å². The lowest BCUT2D eigenvalue weighted by molar-refractivity contribution is -0.118. The van der Waals surface area contributed by atoms with Gasteiger partial charge in [0.1, 0.15) is 15.7 Å². The highest BCUT2D eigenvalue weighted by atomic mass is 32.2. The molecule has 0 atom stereocenters. The normalized spacial score (nSPS) is 15.2. The Morgan fingerprint density at radius 3 is 2.65 bits per heavy atom. The predicted octanol–water partition coefficient (Wildman–Crippen LogP) is 1.04. The summed E-state index contributed by atoms with van der Waals surface area (Å²) in [7, 11) is -1.32. The molecule has 1 aliphatic rings. The first-order valence-electron chi connectivity index (χ1n) is 6.27. The molecule has 5 nitrogen and oxygen atoms in total. The number of rotatable bonds is 3. The molecule has 0 aliphatic carbocycles. The molecule has 7 heteroatoms. The maximum atomic E-state index is 13.4. The van der Waals surface area contributed by atoms with E-state index in [1.54, 1.807) is 6.07 Å². The van der Waals surface area contributed by atoms with Crippen molar-refractivity contribution in [2.24, 2.45) is 0 Å². The van der Waals surface area contributed by atoms with Crippen LogP contribution in [0, 0.1) is 5.82 Å². The molecule has 0 saturated heterocycles. The van der Waals surface area contributed by atoms with E-state index in [4.69, 9.17) is 0 Å². The molecule has 0 spiro atoms. The van der Waals surface area contributed by atoms with Gasteiger partial charge in [0.25, 0.3) is 0 Å². The quantitative estimate of drug-likeness (QED) is 0.837. The smallest absolute Gasteiger partial charge is 0.228 e. The summed E-state index contributed by atoms with van der Waals surface area (Å²) in [5.74, 6) is -0.904. The number of amides is 1. The summed E-state index contributed by atoms with van der Waals surface area (Å²) in [6.45, 7) is 1.05. The van der Waals surface area contributed by atoms with Crippen LogP contribution in [0.2, 0.25) is 0 Å². The van der Waals surface area contributed by atoms with E-state index in [9.17, 15) is 17.6 Å². The molecule has 1 aromatic carbocycles. The van der Waals surface area contributed by atoms with E-state index in [1.165, 1.54) is 17.0 Å². The Balaban J connectivity index is 2.24. The molecule has 1 aromatic rings. The molecule has 20 heavy (non-hydrogen) atoms. The lowest BCUT2D eigenvalue weighted by atomic mass is 10.1. The molecule has 0 radical (unpaired) electrons. The SMILES string of the molecule is CN1CCN(C(=O)CCS(C)(=O)=O)c2cc(F)ccc21. The van der Waals surface area contributed by atoms with Gasteiger partial charge in [-0.3, -0.25) is 4.79 Å². The van der Waals surface area contributed by atoms with E-state index in [2.05, 4.69) is 0 Å². The van der Waals surface area contributed by atoms with Crippen molar-refractivity contribution < 1.29 is 17.6 Å². The summed E-state index contributed by atoms with van der Waals surface area (Å²) in [5.41, 5.74) is 1.27. The summed E-state index contributed by atoms with van der Waals surface area (Å²) in [4.78, 5) is 15.5. The number of likely N-dealkylation sites (N-methyl/N-ethyl adjacent to an activating group) is 1. The predicted molar refractivity (Wildman–Crippen MR) is 76.4 cm³/mol. The Morgan fingerprint density at radius 2 is 2.00 bits per heavy atom. The summed E-state index contributed by atoms with van der Waals surface area (Å²) in [5, 5.41) is 0. The third-order valence-corrected chi connectivity index (χ3v) is 4.23. The van der Waals surface area contributed by atoms with Gasteiger partial charge in [0.05, 0.1) is 17.1 Å². The zero-order valence-corrected chi connectivity index (χ0v) is 12.3. The zero-order chi connectivity index (χ0) is 14.9. The molecule has 0 bridgehead atoms. The average molecular weight is 300 g/mol. The lowest BCUT2D eigenvalue weighted by Gasteiger charge is -2.35. The third kappa shape index (κ3) is 3.27. The van der Waals surface area contributed by atoms with Gasteiger partial charge in [0.15, 0.2) is 0 Å². The Hall–Kier alpha value is -1.63. The molecule has 0 saturated carbocycles. The van der Waals surface area contributed by atoms with Crippen LogP contribution in [0.1, 0.15) is 6.42 Å². The van der Waals surface area contributed by atoms with Gasteiger partial charge in [-0.15, -0.1) is 0 Å². The van der Waals surface area contributed by atoms with Crippen LogP contribution in [0.25, 0.3) is 0 Å². The first-order valence-corrected chi connectivity index (χ1v) is 8.33. The highest BCUT2D eigenvalue weighted by molar-refractivity contribution is 7.90. The average Bonchev–Trinajstić information content (AvgIpc) is 2.35. The number of fused-ring (bicyclic) bond motifs is 1. The second kappa shape index (κ2) is 5.40. The fourth-order valence-corrected chi connectivity index (χ4v) is 2.74. The number of halogens is 1. The summed E-state index contributed by atoms with van der Waals surface area (Å²) in [6.07, 6.45) is 1.01. The Kier molecular flexibility index (Phi) is 3.99. The van der Waals surface area contributed by atoms with E-state index in [0.717, 1.165) is 11.9 Å². The van der Waals surface area contributed by atoms with Gasteiger partial charge < -0.3 is 9.80 Å². The monoisotopic (exact) mass is 300 g/mol. The highest BCUT2D eigenvalue weighted by Gasteiger charge is 2.26. The topological polar surface area (TPSA) is 57.7 Å². The molecule has 1 aliphatic heterocycles. The minimum absolute atomic E-state index is 0.0848. The van der Waals surface area contributed by atoms with E-state index >= 15 is 0 Å². The number of carbonyl (C=O) groups is 1. The van der Waals surface area contributed by atoms with Gasteiger partial charge in [0.2, 0.25) is 5.91 Å². The van der Waals surface area contributed by atoms with Crippen LogP contribution < -0.4 is 9.80 Å². The van der Waals surface area contributed by atoms with E-state index < -0.39 is 15.7 Å². The Bertz CT molecular complexity index is 631. The standard InChI is InChI=1S/C13H17FN2O3S/c1-15-6-7-16(13(17)5-8-20(2,18)19)12-9-10(14)3-4-11(12)15/h3-4,9H,5-8H2,1-2H3. The molecule has 0 N–H and O–H groups in total. The minimum atomic E-state index is -3.19. The molecule has 0 fully saturated rings. The molecular weight excluding hydrogens is 283 g/mol. The molecule has 2 rings (SSSR count). The van der Waals surface area contributed by atoms with Gasteiger partial charge in [0, 0.05) is 32.8 Å². The zero-order valence-electron chi connectivity index (χ0n) is 11.5. The fourth-order valence-electron chi connectivity index (χ4n) is 2.19. The van der Waals surface area contributed by atoms with E-state index in [0.29, 0.717) is 18.8 Å². The van der Waals surface area contributed by atoms with Crippen molar-refractivity contribution in [1.29, 1.82) is 0 Å². The van der Waals surface area contributed by atoms with Gasteiger partial charge in [-0.25, -0.2) is 12.8 Å². The molecule has 0 unspecified atom stereocenters. The fraction of sp³-hybridized carbons (Fsp3) is 0.462. The first kappa shape index (κ1) is 14.8. The number of benzene rings is 1.